The van der Waals surface area contributed by atoms with Gasteiger partial charge in [0.05, 0.1) is 17.6 Å². The van der Waals surface area contributed by atoms with E-state index in [2.05, 4.69) is 22.3 Å². The van der Waals surface area contributed by atoms with Crippen LogP contribution < -0.4 is 10.6 Å². The van der Waals surface area contributed by atoms with Crippen LogP contribution in [0.15, 0.2) is 43.1 Å². The van der Waals surface area contributed by atoms with E-state index in [0.717, 1.165) is 5.69 Å². The second-order valence-electron chi connectivity index (χ2n) is 4.91. The number of hydrogen-bond donors (Lipinski definition) is 2. The number of nitrogens with one attached hydrogen (secondary N) is 2. The molecule has 2 rings (SSSR count). The average Bonchev–Trinajstić information content (AvgIpc) is 2.86. The first kappa shape index (κ1) is 15.8. The SMILES string of the molecule is C=CCNC(=O)[C@H](C)Nc1cnn(-c2ccccc2F)c1C. The number of para-hydroxylation sites is 1. The third-order valence-electron chi connectivity index (χ3n) is 3.28. The first-order chi connectivity index (χ1) is 10.5. The van der Waals surface area contributed by atoms with Crippen LogP contribution in [-0.4, -0.2) is 28.3 Å². The molecule has 0 aliphatic heterocycles. The van der Waals surface area contributed by atoms with E-state index in [4.69, 9.17) is 0 Å². The molecule has 0 fully saturated rings. The summed E-state index contributed by atoms with van der Waals surface area (Å²) in [5.41, 5.74) is 1.79. The van der Waals surface area contributed by atoms with Gasteiger partial charge in [-0.1, -0.05) is 18.2 Å². The lowest BCUT2D eigenvalue weighted by atomic mass is 10.2. The number of carbonyl (C=O) groups excluding carboxylic acids is 1. The zero-order chi connectivity index (χ0) is 16.1. The van der Waals surface area contributed by atoms with E-state index in [1.165, 1.54) is 10.7 Å². The van der Waals surface area contributed by atoms with Gasteiger partial charge in [0.2, 0.25) is 5.91 Å². The molecule has 0 spiro atoms. The van der Waals surface area contributed by atoms with E-state index in [1.54, 1.807) is 37.4 Å². The van der Waals surface area contributed by atoms with Crippen LogP contribution in [0.3, 0.4) is 0 Å². The van der Waals surface area contributed by atoms with Gasteiger partial charge >= 0.3 is 0 Å². The number of amides is 1. The zero-order valence-electron chi connectivity index (χ0n) is 12.6. The molecule has 0 radical (unpaired) electrons. The molecule has 1 aromatic heterocycles. The topological polar surface area (TPSA) is 59.0 Å². The van der Waals surface area contributed by atoms with Gasteiger partial charge in [-0.25, -0.2) is 9.07 Å². The molecule has 0 aliphatic rings. The van der Waals surface area contributed by atoms with E-state index in [9.17, 15) is 9.18 Å². The summed E-state index contributed by atoms with van der Waals surface area (Å²) >= 11 is 0. The summed E-state index contributed by atoms with van der Waals surface area (Å²) in [5, 5.41) is 9.98. The Kier molecular flexibility index (Phi) is 4.93. The minimum Gasteiger partial charge on any atom is -0.371 e. The molecule has 0 bridgehead atoms. The molecule has 0 unspecified atom stereocenters. The molecule has 116 valence electrons. The van der Waals surface area contributed by atoms with Gasteiger partial charge in [-0.05, 0) is 26.0 Å². The highest BCUT2D eigenvalue weighted by molar-refractivity contribution is 5.84. The molecule has 1 amide bonds. The molecule has 6 heteroatoms. The predicted octanol–water partition coefficient (Wildman–Crippen LogP) is 2.42. The lowest BCUT2D eigenvalue weighted by Gasteiger charge is -2.14. The van der Waals surface area contributed by atoms with Crippen molar-refractivity contribution in [3.63, 3.8) is 0 Å². The lowest BCUT2D eigenvalue weighted by Crippen LogP contribution is -2.37. The number of hydrogen-bond acceptors (Lipinski definition) is 3. The Bertz CT molecular complexity index is 681. The summed E-state index contributed by atoms with van der Waals surface area (Å²) in [6, 6.07) is 5.98. The molecule has 1 heterocycles. The molecular weight excluding hydrogens is 283 g/mol. The molecule has 1 atom stereocenters. The summed E-state index contributed by atoms with van der Waals surface area (Å²) in [5.74, 6) is -0.491. The third-order valence-corrected chi connectivity index (χ3v) is 3.28. The van der Waals surface area contributed by atoms with Gasteiger partial charge in [-0.3, -0.25) is 4.79 Å². The Hall–Kier alpha value is -2.63. The summed E-state index contributed by atoms with van der Waals surface area (Å²) in [4.78, 5) is 11.8. The van der Waals surface area contributed by atoms with E-state index in [1.807, 2.05) is 6.92 Å². The van der Waals surface area contributed by atoms with Gasteiger partial charge in [0.15, 0.2) is 0 Å². The van der Waals surface area contributed by atoms with Crippen LogP contribution in [0.4, 0.5) is 10.1 Å². The number of benzene rings is 1. The van der Waals surface area contributed by atoms with Gasteiger partial charge in [-0.15, -0.1) is 6.58 Å². The zero-order valence-corrected chi connectivity index (χ0v) is 12.6. The van der Waals surface area contributed by atoms with Crippen LogP contribution >= 0.6 is 0 Å². The first-order valence-corrected chi connectivity index (χ1v) is 6.99. The number of aromatic nitrogens is 2. The molecule has 2 aromatic rings. The van der Waals surface area contributed by atoms with Crippen molar-refractivity contribution in [2.45, 2.75) is 19.9 Å². The van der Waals surface area contributed by atoms with Crippen LogP contribution in [0.1, 0.15) is 12.6 Å². The summed E-state index contributed by atoms with van der Waals surface area (Å²) in [6.07, 6.45) is 3.20. The highest BCUT2D eigenvalue weighted by atomic mass is 19.1. The van der Waals surface area contributed by atoms with Gasteiger partial charge in [0.1, 0.15) is 17.5 Å². The molecule has 0 saturated heterocycles. The van der Waals surface area contributed by atoms with Crippen LogP contribution in [0.5, 0.6) is 0 Å². The number of halogens is 1. The monoisotopic (exact) mass is 302 g/mol. The van der Waals surface area contributed by atoms with Crippen molar-refractivity contribution >= 4 is 11.6 Å². The maximum absolute atomic E-state index is 13.8. The fourth-order valence-electron chi connectivity index (χ4n) is 2.04. The Balaban J connectivity index is 2.16. The molecule has 2 N–H and O–H groups in total. The standard InChI is InChI=1S/C16H19FN4O/c1-4-9-18-16(22)11(2)20-14-10-19-21(12(14)3)15-8-6-5-7-13(15)17/h4-8,10-11,20H,1,9H2,2-3H3,(H,18,22)/t11-/m0/s1. The number of nitrogens with zero attached hydrogens (tertiary/aromatic N) is 2. The van der Waals surface area contributed by atoms with Crippen molar-refractivity contribution in [3.8, 4) is 5.69 Å². The Morgan fingerprint density at radius 1 is 1.50 bits per heavy atom. The largest absolute Gasteiger partial charge is 0.371 e. The Labute approximate surface area is 128 Å². The van der Waals surface area contributed by atoms with Crippen molar-refractivity contribution in [1.29, 1.82) is 0 Å². The van der Waals surface area contributed by atoms with E-state index in [0.29, 0.717) is 17.9 Å². The second-order valence-corrected chi connectivity index (χ2v) is 4.91. The number of rotatable bonds is 6. The molecule has 1 aromatic carbocycles. The normalized spacial score (nSPS) is 11.8. The fraction of sp³-hybridized carbons (Fsp3) is 0.250. The summed E-state index contributed by atoms with van der Waals surface area (Å²) in [6.45, 7) is 7.53. The summed E-state index contributed by atoms with van der Waals surface area (Å²) < 4.78 is 15.3. The van der Waals surface area contributed by atoms with Crippen molar-refractivity contribution in [1.82, 2.24) is 15.1 Å². The average molecular weight is 302 g/mol. The maximum Gasteiger partial charge on any atom is 0.242 e. The number of anilines is 1. The fourth-order valence-corrected chi connectivity index (χ4v) is 2.04. The van der Waals surface area contributed by atoms with Crippen LogP contribution in [0.25, 0.3) is 5.69 Å². The molecular formula is C16H19FN4O. The van der Waals surface area contributed by atoms with Crippen molar-refractivity contribution < 1.29 is 9.18 Å². The summed E-state index contributed by atoms with van der Waals surface area (Å²) in [7, 11) is 0. The molecule has 0 aliphatic carbocycles. The van der Waals surface area contributed by atoms with Crippen molar-refractivity contribution in [2.24, 2.45) is 0 Å². The smallest absolute Gasteiger partial charge is 0.242 e. The minimum atomic E-state index is -0.433. The first-order valence-electron chi connectivity index (χ1n) is 6.99. The van der Waals surface area contributed by atoms with Crippen molar-refractivity contribution in [2.75, 3.05) is 11.9 Å². The molecule has 22 heavy (non-hydrogen) atoms. The highest BCUT2D eigenvalue weighted by Crippen LogP contribution is 2.20. The van der Waals surface area contributed by atoms with Gasteiger partial charge in [-0.2, -0.15) is 5.10 Å². The highest BCUT2D eigenvalue weighted by Gasteiger charge is 2.16. The quantitative estimate of drug-likeness (QED) is 0.806. The van der Waals surface area contributed by atoms with Crippen LogP contribution in [0.2, 0.25) is 0 Å². The molecule has 0 saturated carbocycles. The maximum atomic E-state index is 13.8. The Morgan fingerprint density at radius 2 is 2.23 bits per heavy atom. The van der Waals surface area contributed by atoms with Gasteiger partial charge < -0.3 is 10.6 Å². The predicted molar refractivity (Wildman–Crippen MR) is 84.6 cm³/mol. The van der Waals surface area contributed by atoms with Crippen molar-refractivity contribution in [3.05, 3.63) is 54.6 Å². The van der Waals surface area contributed by atoms with Gasteiger partial charge in [0, 0.05) is 6.54 Å². The third kappa shape index (κ3) is 3.33. The van der Waals surface area contributed by atoms with E-state index in [-0.39, 0.29) is 11.7 Å². The molecule has 5 nitrogen and oxygen atoms in total. The van der Waals surface area contributed by atoms with E-state index < -0.39 is 6.04 Å². The van der Waals surface area contributed by atoms with Crippen LogP contribution in [-0.2, 0) is 4.79 Å². The second kappa shape index (κ2) is 6.89. The minimum absolute atomic E-state index is 0.141. The van der Waals surface area contributed by atoms with E-state index >= 15 is 0 Å². The van der Waals surface area contributed by atoms with Gasteiger partial charge in [0.25, 0.3) is 0 Å². The Morgan fingerprint density at radius 3 is 2.91 bits per heavy atom. The van der Waals surface area contributed by atoms with Crippen LogP contribution in [0, 0.1) is 12.7 Å². The number of carbonyl (C=O) groups is 1. The lowest BCUT2D eigenvalue weighted by molar-refractivity contribution is -0.121.